The summed E-state index contributed by atoms with van der Waals surface area (Å²) >= 11 is 0. The monoisotopic (exact) mass is 319 g/mol. The summed E-state index contributed by atoms with van der Waals surface area (Å²) in [7, 11) is 0. The van der Waals surface area contributed by atoms with Gasteiger partial charge in [-0.15, -0.1) is 0 Å². The lowest BCUT2D eigenvalue weighted by Crippen LogP contribution is -1.97. The molecule has 2 aromatic carbocycles. The Morgan fingerprint density at radius 1 is 1.08 bits per heavy atom. The molecule has 3 rings (SSSR count). The van der Waals surface area contributed by atoms with E-state index >= 15 is 0 Å². The number of ether oxygens (including phenoxy) is 1. The van der Waals surface area contributed by atoms with E-state index in [1.54, 1.807) is 6.26 Å². The van der Waals surface area contributed by atoms with Crippen LogP contribution in [0.2, 0.25) is 0 Å². The van der Waals surface area contributed by atoms with Crippen LogP contribution < -0.4 is 5.32 Å². The normalized spacial score (nSPS) is 11.0. The molecule has 3 aromatic rings. The van der Waals surface area contributed by atoms with Gasteiger partial charge in [0.15, 0.2) is 0 Å². The number of unbranched alkanes of at least 4 members (excludes halogenated alkanes) is 1. The van der Waals surface area contributed by atoms with Crippen LogP contribution in [0.15, 0.2) is 61.0 Å². The molecule has 0 saturated carbocycles. The van der Waals surface area contributed by atoms with Crippen LogP contribution in [0.3, 0.4) is 0 Å². The predicted octanol–water partition coefficient (Wildman–Crippen LogP) is 5.16. The zero-order chi connectivity index (χ0) is 16.6. The third-order valence-corrected chi connectivity index (χ3v) is 3.63. The SMILES string of the molecule is CCCCOC=Cc1cccc2cnc(Nc3ccccc3)nc12. The number of benzene rings is 2. The molecule has 0 aliphatic rings. The largest absolute Gasteiger partial charge is 0.501 e. The summed E-state index contributed by atoms with van der Waals surface area (Å²) in [6, 6.07) is 16.0. The van der Waals surface area contributed by atoms with E-state index < -0.39 is 0 Å². The van der Waals surface area contributed by atoms with Crippen LogP contribution in [0, 0.1) is 0 Å². The average molecular weight is 319 g/mol. The van der Waals surface area contributed by atoms with Crippen LogP contribution >= 0.6 is 0 Å². The van der Waals surface area contributed by atoms with E-state index in [-0.39, 0.29) is 0 Å². The van der Waals surface area contributed by atoms with Gasteiger partial charge in [-0.25, -0.2) is 9.97 Å². The molecule has 24 heavy (non-hydrogen) atoms. The number of fused-ring (bicyclic) bond motifs is 1. The maximum atomic E-state index is 5.51. The van der Waals surface area contributed by atoms with Crippen molar-refractivity contribution in [2.75, 3.05) is 11.9 Å². The highest BCUT2D eigenvalue weighted by Gasteiger charge is 2.04. The van der Waals surface area contributed by atoms with Crippen LogP contribution in [0.25, 0.3) is 17.0 Å². The van der Waals surface area contributed by atoms with E-state index in [0.29, 0.717) is 5.95 Å². The second-order valence-corrected chi connectivity index (χ2v) is 5.50. The molecule has 0 aliphatic carbocycles. The van der Waals surface area contributed by atoms with Gasteiger partial charge in [-0.3, -0.25) is 0 Å². The van der Waals surface area contributed by atoms with Crippen molar-refractivity contribution in [3.8, 4) is 0 Å². The summed E-state index contributed by atoms with van der Waals surface area (Å²) < 4.78 is 5.51. The number of nitrogens with zero attached hydrogens (tertiary/aromatic N) is 2. The summed E-state index contributed by atoms with van der Waals surface area (Å²) in [5, 5.41) is 4.23. The standard InChI is InChI=1S/C20H21N3O/c1-2-3-13-24-14-12-16-8-7-9-17-15-21-20(23-19(16)17)22-18-10-5-4-6-11-18/h4-12,14-15H,2-3,13H2,1H3,(H,21,22,23). The lowest BCUT2D eigenvalue weighted by molar-refractivity contribution is 0.246. The van der Waals surface area contributed by atoms with E-state index in [9.17, 15) is 0 Å². The highest BCUT2D eigenvalue weighted by Crippen LogP contribution is 2.20. The Morgan fingerprint density at radius 2 is 1.96 bits per heavy atom. The molecule has 0 aliphatic heterocycles. The number of hydrogen-bond donors (Lipinski definition) is 1. The summed E-state index contributed by atoms with van der Waals surface area (Å²) in [4.78, 5) is 9.04. The maximum Gasteiger partial charge on any atom is 0.227 e. The summed E-state index contributed by atoms with van der Waals surface area (Å²) in [6.45, 7) is 2.89. The molecule has 4 nitrogen and oxygen atoms in total. The van der Waals surface area contributed by atoms with E-state index in [1.165, 1.54) is 0 Å². The first kappa shape index (κ1) is 16.0. The van der Waals surface area contributed by atoms with Gasteiger partial charge < -0.3 is 10.1 Å². The molecule has 1 N–H and O–H groups in total. The molecule has 1 heterocycles. The van der Waals surface area contributed by atoms with E-state index in [1.807, 2.05) is 60.8 Å². The number of aromatic nitrogens is 2. The van der Waals surface area contributed by atoms with Crippen LogP contribution in [0.4, 0.5) is 11.6 Å². The van der Waals surface area contributed by atoms with Gasteiger partial charge in [0.2, 0.25) is 5.95 Å². The fourth-order valence-corrected chi connectivity index (χ4v) is 2.34. The molecule has 0 saturated heterocycles. The lowest BCUT2D eigenvalue weighted by atomic mass is 10.1. The molecule has 0 unspecified atom stereocenters. The topological polar surface area (TPSA) is 47.0 Å². The van der Waals surface area contributed by atoms with Gasteiger partial charge in [0.05, 0.1) is 18.4 Å². The predicted molar refractivity (Wildman–Crippen MR) is 99.2 cm³/mol. The second-order valence-electron chi connectivity index (χ2n) is 5.50. The van der Waals surface area contributed by atoms with Crippen LogP contribution in [-0.4, -0.2) is 16.6 Å². The smallest absolute Gasteiger partial charge is 0.227 e. The van der Waals surface area contributed by atoms with Gasteiger partial charge in [-0.2, -0.15) is 0 Å². The van der Waals surface area contributed by atoms with Crippen LogP contribution in [0.1, 0.15) is 25.3 Å². The molecule has 0 atom stereocenters. The lowest BCUT2D eigenvalue weighted by Gasteiger charge is -2.07. The van der Waals surface area contributed by atoms with Crippen LogP contribution in [-0.2, 0) is 4.74 Å². The van der Waals surface area contributed by atoms with Crippen molar-refractivity contribution in [3.05, 3.63) is 66.6 Å². The molecular weight excluding hydrogens is 298 g/mol. The molecule has 1 aromatic heterocycles. The van der Waals surface area contributed by atoms with E-state index in [0.717, 1.165) is 41.6 Å². The van der Waals surface area contributed by atoms with Crippen molar-refractivity contribution >= 4 is 28.6 Å². The Hall–Kier alpha value is -2.88. The highest BCUT2D eigenvalue weighted by atomic mass is 16.5. The van der Waals surface area contributed by atoms with Crippen molar-refractivity contribution in [1.82, 2.24) is 9.97 Å². The first-order chi connectivity index (χ1) is 11.9. The van der Waals surface area contributed by atoms with Crippen molar-refractivity contribution in [2.24, 2.45) is 0 Å². The molecule has 0 radical (unpaired) electrons. The van der Waals surface area contributed by atoms with Gasteiger partial charge in [-0.1, -0.05) is 49.7 Å². The highest BCUT2D eigenvalue weighted by molar-refractivity contribution is 5.87. The number of hydrogen-bond acceptors (Lipinski definition) is 4. The summed E-state index contributed by atoms with van der Waals surface area (Å²) in [5.41, 5.74) is 2.89. The summed E-state index contributed by atoms with van der Waals surface area (Å²) in [6.07, 6.45) is 7.73. The van der Waals surface area contributed by atoms with Gasteiger partial charge >= 0.3 is 0 Å². The minimum absolute atomic E-state index is 0.585. The van der Waals surface area contributed by atoms with Crippen molar-refractivity contribution in [1.29, 1.82) is 0 Å². The van der Waals surface area contributed by atoms with E-state index in [2.05, 4.69) is 22.2 Å². The molecule has 4 heteroatoms. The van der Waals surface area contributed by atoms with Crippen molar-refractivity contribution in [2.45, 2.75) is 19.8 Å². The Kier molecular flexibility index (Phi) is 5.40. The minimum atomic E-state index is 0.585. The number of para-hydroxylation sites is 2. The second kappa shape index (κ2) is 8.11. The minimum Gasteiger partial charge on any atom is -0.501 e. The zero-order valence-electron chi connectivity index (χ0n) is 13.8. The molecule has 0 spiro atoms. The third-order valence-electron chi connectivity index (χ3n) is 3.63. The molecule has 0 bridgehead atoms. The maximum absolute atomic E-state index is 5.51. The first-order valence-corrected chi connectivity index (χ1v) is 8.23. The summed E-state index contributed by atoms with van der Waals surface area (Å²) in [5.74, 6) is 0.585. The quantitative estimate of drug-likeness (QED) is 0.482. The fourth-order valence-electron chi connectivity index (χ4n) is 2.34. The average Bonchev–Trinajstić information content (AvgIpc) is 2.63. The Morgan fingerprint density at radius 3 is 2.79 bits per heavy atom. The van der Waals surface area contributed by atoms with Gasteiger partial charge in [0.25, 0.3) is 0 Å². The van der Waals surface area contributed by atoms with Gasteiger partial charge in [0.1, 0.15) is 0 Å². The molecular formula is C20H21N3O. The fraction of sp³-hybridized carbons (Fsp3) is 0.200. The molecule has 0 fully saturated rings. The van der Waals surface area contributed by atoms with Crippen molar-refractivity contribution in [3.63, 3.8) is 0 Å². The molecule has 0 amide bonds. The number of anilines is 2. The van der Waals surface area contributed by atoms with Crippen molar-refractivity contribution < 1.29 is 4.74 Å². The number of rotatable bonds is 7. The van der Waals surface area contributed by atoms with Gasteiger partial charge in [-0.05, 0) is 24.6 Å². The zero-order valence-corrected chi connectivity index (χ0v) is 13.8. The molecule has 122 valence electrons. The van der Waals surface area contributed by atoms with E-state index in [4.69, 9.17) is 4.74 Å². The van der Waals surface area contributed by atoms with Gasteiger partial charge in [0, 0.05) is 22.8 Å². The Balaban J connectivity index is 1.83. The Bertz CT molecular complexity index is 815. The number of nitrogens with one attached hydrogen (secondary N) is 1. The van der Waals surface area contributed by atoms with Crippen LogP contribution in [0.5, 0.6) is 0 Å². The third kappa shape index (κ3) is 4.10. The first-order valence-electron chi connectivity index (χ1n) is 8.23. The Labute approximate surface area is 142 Å².